The van der Waals surface area contributed by atoms with Crippen LogP contribution in [-0.4, -0.2) is 19.2 Å². The molecular formula is C13H17O3. The zero-order valence-electron chi connectivity index (χ0n) is 9.35. The summed E-state index contributed by atoms with van der Waals surface area (Å²) < 4.78 is 4.99. The third-order valence-electron chi connectivity index (χ3n) is 2.24. The van der Waals surface area contributed by atoms with Crippen LogP contribution in [0.3, 0.4) is 0 Å². The number of aryl methyl sites for hydroxylation is 1. The van der Waals surface area contributed by atoms with Crippen molar-refractivity contribution in [3.63, 3.8) is 0 Å². The molecule has 0 aliphatic rings. The van der Waals surface area contributed by atoms with Gasteiger partial charge in [0.1, 0.15) is 0 Å². The fraction of sp³-hybridized carbons (Fsp3) is 0.462. The van der Waals surface area contributed by atoms with Crippen LogP contribution in [0.1, 0.15) is 24.8 Å². The van der Waals surface area contributed by atoms with Crippen molar-refractivity contribution in [2.45, 2.75) is 25.7 Å². The van der Waals surface area contributed by atoms with E-state index >= 15 is 0 Å². The van der Waals surface area contributed by atoms with E-state index in [4.69, 9.17) is 4.74 Å². The van der Waals surface area contributed by atoms with Crippen LogP contribution in [0.25, 0.3) is 0 Å². The van der Waals surface area contributed by atoms with Gasteiger partial charge in [-0.15, -0.1) is 0 Å². The van der Waals surface area contributed by atoms with Gasteiger partial charge >= 0.3 is 5.97 Å². The standard InChI is InChI=1S/C13H17O3/c14-10-4-9-13(15)16-11-5-8-12-6-2-1-3-7-12/h1-3,6-7H,4-5,8-11H2. The maximum absolute atomic E-state index is 11.1. The zero-order chi connectivity index (χ0) is 11.6. The minimum absolute atomic E-state index is 0.209. The van der Waals surface area contributed by atoms with E-state index < -0.39 is 0 Å². The van der Waals surface area contributed by atoms with Crippen LogP contribution in [0.5, 0.6) is 0 Å². The topological polar surface area (TPSA) is 46.2 Å². The summed E-state index contributed by atoms with van der Waals surface area (Å²) in [6.45, 7) is 0.228. The number of hydrogen-bond acceptors (Lipinski definition) is 2. The maximum Gasteiger partial charge on any atom is 0.305 e. The van der Waals surface area contributed by atoms with Crippen LogP contribution in [0, 0.1) is 0 Å². The molecule has 1 aromatic carbocycles. The highest BCUT2D eigenvalue weighted by molar-refractivity contribution is 5.69. The van der Waals surface area contributed by atoms with E-state index in [-0.39, 0.29) is 19.0 Å². The normalized spacial score (nSPS) is 10.1. The lowest BCUT2D eigenvalue weighted by atomic mass is 10.1. The van der Waals surface area contributed by atoms with Crippen molar-refractivity contribution >= 4 is 5.97 Å². The Balaban J connectivity index is 2.06. The molecule has 0 saturated carbocycles. The molecule has 1 radical (unpaired) electrons. The number of carbonyl (C=O) groups is 1. The first-order valence-corrected chi connectivity index (χ1v) is 5.60. The first kappa shape index (κ1) is 12.7. The molecule has 3 heteroatoms. The molecule has 0 bridgehead atoms. The van der Waals surface area contributed by atoms with Gasteiger partial charge in [-0.3, -0.25) is 4.79 Å². The minimum Gasteiger partial charge on any atom is -0.466 e. The number of esters is 1. The summed E-state index contributed by atoms with van der Waals surface area (Å²) in [4.78, 5) is 11.1. The summed E-state index contributed by atoms with van der Waals surface area (Å²) in [6.07, 6.45) is 2.36. The molecule has 0 saturated heterocycles. The predicted molar refractivity (Wildman–Crippen MR) is 60.5 cm³/mol. The van der Waals surface area contributed by atoms with Crippen molar-refractivity contribution < 1.29 is 14.6 Å². The Morgan fingerprint density at radius 1 is 1.12 bits per heavy atom. The molecule has 1 rings (SSSR count). The van der Waals surface area contributed by atoms with Crippen LogP contribution < -0.4 is 0 Å². The minimum atomic E-state index is -0.260. The van der Waals surface area contributed by atoms with E-state index in [0.717, 1.165) is 12.8 Å². The summed E-state index contributed by atoms with van der Waals surface area (Å²) in [5.74, 6) is -0.260. The van der Waals surface area contributed by atoms with Gasteiger partial charge < -0.3 is 4.74 Å². The van der Waals surface area contributed by atoms with Crippen LogP contribution in [0.2, 0.25) is 0 Å². The van der Waals surface area contributed by atoms with Crippen LogP contribution in [0.15, 0.2) is 30.3 Å². The predicted octanol–water partition coefficient (Wildman–Crippen LogP) is 2.37. The van der Waals surface area contributed by atoms with Gasteiger partial charge in [-0.25, -0.2) is 5.11 Å². The Hall–Kier alpha value is -1.35. The Morgan fingerprint density at radius 3 is 2.56 bits per heavy atom. The highest BCUT2D eigenvalue weighted by Crippen LogP contribution is 2.02. The Labute approximate surface area is 96.1 Å². The zero-order valence-corrected chi connectivity index (χ0v) is 9.35. The summed E-state index contributed by atoms with van der Waals surface area (Å²) in [7, 11) is 0. The van der Waals surface area contributed by atoms with Gasteiger partial charge in [0.15, 0.2) is 0 Å². The summed E-state index contributed by atoms with van der Waals surface area (Å²) in [6, 6.07) is 10.1. The molecule has 0 unspecified atom stereocenters. The molecule has 0 heterocycles. The monoisotopic (exact) mass is 221 g/mol. The number of carbonyl (C=O) groups excluding carboxylic acids is 1. The summed E-state index contributed by atoms with van der Waals surface area (Å²) in [5.41, 5.74) is 1.25. The Morgan fingerprint density at radius 2 is 1.88 bits per heavy atom. The molecule has 1 aromatic rings. The summed E-state index contributed by atoms with van der Waals surface area (Å²) in [5, 5.41) is 10.1. The van der Waals surface area contributed by atoms with Gasteiger partial charge in [0.05, 0.1) is 13.2 Å². The first-order valence-electron chi connectivity index (χ1n) is 5.60. The summed E-state index contributed by atoms with van der Waals surface area (Å²) >= 11 is 0. The van der Waals surface area contributed by atoms with Gasteiger partial charge in [-0.05, 0) is 24.8 Å². The van der Waals surface area contributed by atoms with E-state index in [1.54, 1.807) is 0 Å². The largest absolute Gasteiger partial charge is 0.466 e. The van der Waals surface area contributed by atoms with Crippen molar-refractivity contribution in [3.05, 3.63) is 35.9 Å². The third kappa shape index (κ3) is 5.51. The van der Waals surface area contributed by atoms with Crippen molar-refractivity contribution in [1.82, 2.24) is 0 Å². The van der Waals surface area contributed by atoms with Crippen LogP contribution in [0.4, 0.5) is 0 Å². The average molecular weight is 221 g/mol. The van der Waals surface area contributed by atoms with E-state index in [2.05, 4.69) is 12.1 Å². The lowest BCUT2D eigenvalue weighted by Gasteiger charge is -2.04. The fourth-order valence-electron chi connectivity index (χ4n) is 1.40. The van der Waals surface area contributed by atoms with Crippen molar-refractivity contribution in [1.29, 1.82) is 0 Å². The van der Waals surface area contributed by atoms with Gasteiger partial charge in [-0.1, -0.05) is 30.3 Å². The first-order chi connectivity index (χ1) is 7.83. The molecule has 87 valence electrons. The van der Waals surface area contributed by atoms with Crippen LogP contribution in [-0.2, 0) is 21.1 Å². The molecular weight excluding hydrogens is 204 g/mol. The van der Waals surface area contributed by atoms with Crippen molar-refractivity contribution in [2.24, 2.45) is 0 Å². The molecule has 0 spiro atoms. The highest BCUT2D eigenvalue weighted by atomic mass is 16.5. The Bertz CT molecular complexity index is 295. The van der Waals surface area contributed by atoms with E-state index in [1.807, 2.05) is 18.2 Å². The van der Waals surface area contributed by atoms with Crippen molar-refractivity contribution in [3.8, 4) is 0 Å². The van der Waals surface area contributed by atoms with Gasteiger partial charge in [-0.2, -0.15) is 0 Å². The molecule has 0 fully saturated rings. The average Bonchev–Trinajstić information content (AvgIpc) is 2.33. The molecule has 0 amide bonds. The second-order valence-electron chi connectivity index (χ2n) is 3.62. The van der Waals surface area contributed by atoms with Crippen LogP contribution >= 0.6 is 0 Å². The maximum atomic E-state index is 11.1. The Kier molecular flexibility index (Phi) is 6.26. The SMILES string of the molecule is [O]CCCC(=O)OCCCc1ccccc1. The highest BCUT2D eigenvalue weighted by Gasteiger charge is 2.01. The molecule has 0 aromatic heterocycles. The lowest BCUT2D eigenvalue weighted by molar-refractivity contribution is -0.144. The number of hydrogen-bond donors (Lipinski definition) is 0. The van der Waals surface area contributed by atoms with Gasteiger partial charge in [0, 0.05) is 6.42 Å². The third-order valence-corrected chi connectivity index (χ3v) is 2.24. The second-order valence-corrected chi connectivity index (χ2v) is 3.62. The van der Waals surface area contributed by atoms with Gasteiger partial charge in [0.2, 0.25) is 0 Å². The van der Waals surface area contributed by atoms with E-state index in [9.17, 15) is 9.90 Å². The number of benzene rings is 1. The van der Waals surface area contributed by atoms with E-state index in [1.165, 1.54) is 5.56 Å². The molecule has 0 atom stereocenters. The van der Waals surface area contributed by atoms with Gasteiger partial charge in [0.25, 0.3) is 0 Å². The quantitative estimate of drug-likeness (QED) is 0.524. The number of ether oxygens (including phenoxy) is 1. The molecule has 16 heavy (non-hydrogen) atoms. The molecule has 3 nitrogen and oxygen atoms in total. The lowest BCUT2D eigenvalue weighted by Crippen LogP contribution is -2.06. The van der Waals surface area contributed by atoms with Crippen molar-refractivity contribution in [2.75, 3.05) is 13.2 Å². The number of rotatable bonds is 7. The molecule has 0 aliphatic carbocycles. The molecule has 0 aliphatic heterocycles. The van der Waals surface area contributed by atoms with E-state index in [0.29, 0.717) is 13.0 Å². The second kappa shape index (κ2) is 7.88. The smallest absolute Gasteiger partial charge is 0.305 e. The molecule has 0 N–H and O–H groups in total. The fourth-order valence-corrected chi connectivity index (χ4v) is 1.40.